The highest BCUT2D eigenvalue weighted by Gasteiger charge is 2.38. The van der Waals surface area contributed by atoms with E-state index < -0.39 is 0 Å². The van der Waals surface area contributed by atoms with Crippen molar-refractivity contribution in [3.8, 4) is 5.75 Å². The minimum Gasteiger partial charge on any atom is -0.495 e. The van der Waals surface area contributed by atoms with Gasteiger partial charge in [0.05, 0.1) is 24.8 Å². The number of amides is 1. The standard InChI is InChI=1S/C16H21ClN2O3/c1-18-5-6-22-15-10-19(9-12(15)8-18)16(20)11-3-4-14(21-2)13(17)7-11/h3-4,7,12,15H,5-6,8-10H2,1-2H3/t12-,15+/m1/s1. The molecule has 1 aromatic rings. The molecular formula is C16H21ClN2O3. The highest BCUT2D eigenvalue weighted by molar-refractivity contribution is 6.32. The fourth-order valence-corrected chi connectivity index (χ4v) is 3.46. The van der Waals surface area contributed by atoms with Gasteiger partial charge in [-0.3, -0.25) is 4.79 Å². The van der Waals surface area contributed by atoms with E-state index in [9.17, 15) is 4.79 Å². The van der Waals surface area contributed by atoms with E-state index in [4.69, 9.17) is 21.1 Å². The number of hydrogen-bond acceptors (Lipinski definition) is 4. The van der Waals surface area contributed by atoms with Crippen LogP contribution in [0.5, 0.6) is 5.75 Å². The van der Waals surface area contributed by atoms with Crippen LogP contribution in [0.2, 0.25) is 5.02 Å². The average Bonchev–Trinajstić information content (AvgIpc) is 2.81. The van der Waals surface area contributed by atoms with Gasteiger partial charge in [0, 0.05) is 37.7 Å². The minimum atomic E-state index is 0.00359. The van der Waals surface area contributed by atoms with Gasteiger partial charge in [-0.05, 0) is 25.2 Å². The lowest BCUT2D eigenvalue weighted by molar-refractivity contribution is 0.0487. The number of ether oxygens (including phenoxy) is 2. The molecule has 0 spiro atoms. The fourth-order valence-electron chi connectivity index (χ4n) is 3.20. The van der Waals surface area contributed by atoms with Gasteiger partial charge in [-0.15, -0.1) is 0 Å². The number of carbonyl (C=O) groups excluding carboxylic acids is 1. The third-order valence-electron chi connectivity index (χ3n) is 4.42. The van der Waals surface area contributed by atoms with Gasteiger partial charge < -0.3 is 19.3 Å². The number of hydrogen-bond donors (Lipinski definition) is 0. The molecule has 1 amide bonds. The van der Waals surface area contributed by atoms with Gasteiger partial charge >= 0.3 is 0 Å². The molecule has 0 bridgehead atoms. The van der Waals surface area contributed by atoms with Gasteiger partial charge in [0.2, 0.25) is 0 Å². The van der Waals surface area contributed by atoms with Gasteiger partial charge in [-0.1, -0.05) is 11.6 Å². The average molecular weight is 325 g/mol. The van der Waals surface area contributed by atoms with Gasteiger partial charge in [0.15, 0.2) is 0 Å². The maximum atomic E-state index is 12.7. The molecule has 2 saturated heterocycles. The number of likely N-dealkylation sites (N-methyl/N-ethyl adjacent to an activating group) is 1. The molecule has 0 aliphatic carbocycles. The molecule has 0 radical (unpaired) electrons. The second kappa shape index (κ2) is 6.44. The molecule has 2 aliphatic rings. The first-order valence-electron chi connectivity index (χ1n) is 7.51. The molecule has 6 heteroatoms. The van der Waals surface area contributed by atoms with E-state index in [2.05, 4.69) is 11.9 Å². The van der Waals surface area contributed by atoms with Crippen molar-refractivity contribution in [2.45, 2.75) is 6.10 Å². The predicted octanol–water partition coefficient (Wildman–Crippen LogP) is 1.75. The van der Waals surface area contributed by atoms with Crippen LogP contribution in [-0.2, 0) is 4.74 Å². The molecule has 2 atom stereocenters. The van der Waals surface area contributed by atoms with E-state index in [0.717, 1.165) is 26.2 Å². The summed E-state index contributed by atoms with van der Waals surface area (Å²) in [5.41, 5.74) is 0.593. The summed E-state index contributed by atoms with van der Waals surface area (Å²) in [5, 5.41) is 0.456. The molecule has 120 valence electrons. The number of likely N-dealkylation sites (tertiary alicyclic amines) is 1. The van der Waals surface area contributed by atoms with Crippen LogP contribution in [0.3, 0.4) is 0 Å². The van der Waals surface area contributed by atoms with Crippen molar-refractivity contribution in [2.24, 2.45) is 5.92 Å². The Morgan fingerprint density at radius 2 is 2.18 bits per heavy atom. The van der Waals surface area contributed by atoms with Crippen LogP contribution in [0.15, 0.2) is 18.2 Å². The molecule has 3 rings (SSSR count). The number of methoxy groups -OCH3 is 1. The zero-order chi connectivity index (χ0) is 15.7. The Labute approximate surface area is 135 Å². The first-order chi connectivity index (χ1) is 10.6. The van der Waals surface area contributed by atoms with E-state index in [1.807, 2.05) is 4.90 Å². The Hall–Kier alpha value is -1.30. The summed E-state index contributed by atoms with van der Waals surface area (Å²) in [6.07, 6.45) is 0.141. The van der Waals surface area contributed by atoms with Crippen LogP contribution >= 0.6 is 11.6 Å². The zero-order valence-corrected chi connectivity index (χ0v) is 13.7. The van der Waals surface area contributed by atoms with Crippen LogP contribution in [-0.4, -0.2) is 68.8 Å². The molecule has 0 aromatic heterocycles. The second-order valence-electron chi connectivity index (χ2n) is 5.99. The van der Waals surface area contributed by atoms with E-state index in [1.165, 1.54) is 0 Å². The van der Waals surface area contributed by atoms with Crippen LogP contribution in [0.1, 0.15) is 10.4 Å². The van der Waals surface area contributed by atoms with E-state index in [1.54, 1.807) is 25.3 Å². The summed E-state index contributed by atoms with van der Waals surface area (Å²) in [7, 11) is 3.66. The maximum absolute atomic E-state index is 12.7. The minimum absolute atomic E-state index is 0.00359. The van der Waals surface area contributed by atoms with Crippen LogP contribution < -0.4 is 4.74 Å². The molecule has 2 fully saturated rings. The summed E-state index contributed by atoms with van der Waals surface area (Å²) in [6, 6.07) is 5.16. The van der Waals surface area contributed by atoms with Crippen LogP contribution in [0.4, 0.5) is 0 Å². The van der Waals surface area contributed by atoms with Gasteiger partial charge in [-0.2, -0.15) is 0 Å². The quantitative estimate of drug-likeness (QED) is 0.831. The van der Waals surface area contributed by atoms with Crippen molar-refractivity contribution in [3.63, 3.8) is 0 Å². The summed E-state index contributed by atoms with van der Waals surface area (Å²) in [4.78, 5) is 16.8. The van der Waals surface area contributed by atoms with E-state index in [-0.39, 0.29) is 12.0 Å². The largest absolute Gasteiger partial charge is 0.495 e. The SMILES string of the molecule is COc1ccc(C(=O)N2C[C@H]3CN(C)CCO[C@H]3C2)cc1Cl. The Bertz CT molecular complexity index is 566. The third kappa shape index (κ3) is 3.07. The van der Waals surface area contributed by atoms with Crippen molar-refractivity contribution in [1.29, 1.82) is 0 Å². The number of benzene rings is 1. The molecular weight excluding hydrogens is 304 g/mol. The predicted molar refractivity (Wildman–Crippen MR) is 84.6 cm³/mol. The lowest BCUT2D eigenvalue weighted by atomic mass is 10.1. The fraction of sp³-hybridized carbons (Fsp3) is 0.562. The Kier molecular flexibility index (Phi) is 4.57. The summed E-state index contributed by atoms with van der Waals surface area (Å²) >= 11 is 6.12. The molecule has 2 heterocycles. The van der Waals surface area contributed by atoms with Crippen molar-refractivity contribution >= 4 is 17.5 Å². The molecule has 0 saturated carbocycles. The van der Waals surface area contributed by atoms with Crippen LogP contribution in [0, 0.1) is 5.92 Å². The van der Waals surface area contributed by atoms with Crippen molar-refractivity contribution in [3.05, 3.63) is 28.8 Å². The molecule has 1 aromatic carbocycles. The lowest BCUT2D eigenvalue weighted by Gasteiger charge is -2.19. The van der Waals surface area contributed by atoms with E-state index in [0.29, 0.717) is 28.8 Å². The van der Waals surface area contributed by atoms with Gasteiger partial charge in [0.1, 0.15) is 5.75 Å². The number of nitrogens with zero attached hydrogens (tertiary/aromatic N) is 2. The normalized spacial score (nSPS) is 25.7. The summed E-state index contributed by atoms with van der Waals surface area (Å²) in [5.74, 6) is 0.962. The first kappa shape index (κ1) is 15.6. The highest BCUT2D eigenvalue weighted by atomic mass is 35.5. The summed E-state index contributed by atoms with van der Waals surface area (Å²) < 4.78 is 11.0. The zero-order valence-electron chi connectivity index (χ0n) is 12.9. The summed E-state index contributed by atoms with van der Waals surface area (Å²) in [6.45, 7) is 4.04. The number of carbonyl (C=O) groups is 1. The topological polar surface area (TPSA) is 42.0 Å². The maximum Gasteiger partial charge on any atom is 0.254 e. The second-order valence-corrected chi connectivity index (χ2v) is 6.40. The molecule has 0 unspecified atom stereocenters. The van der Waals surface area contributed by atoms with Gasteiger partial charge in [0.25, 0.3) is 5.91 Å². The molecule has 0 N–H and O–H groups in total. The Morgan fingerprint density at radius 1 is 1.36 bits per heavy atom. The number of fused-ring (bicyclic) bond motifs is 1. The number of rotatable bonds is 2. The van der Waals surface area contributed by atoms with Gasteiger partial charge in [-0.25, -0.2) is 0 Å². The smallest absolute Gasteiger partial charge is 0.254 e. The van der Waals surface area contributed by atoms with Crippen molar-refractivity contribution in [1.82, 2.24) is 9.80 Å². The first-order valence-corrected chi connectivity index (χ1v) is 7.89. The highest BCUT2D eigenvalue weighted by Crippen LogP contribution is 2.28. The monoisotopic (exact) mass is 324 g/mol. The third-order valence-corrected chi connectivity index (χ3v) is 4.71. The van der Waals surface area contributed by atoms with E-state index >= 15 is 0 Å². The Balaban J connectivity index is 1.72. The lowest BCUT2D eigenvalue weighted by Crippen LogP contribution is -2.32. The molecule has 22 heavy (non-hydrogen) atoms. The molecule has 2 aliphatic heterocycles. The number of halogens is 1. The van der Waals surface area contributed by atoms with Crippen molar-refractivity contribution < 1.29 is 14.3 Å². The Morgan fingerprint density at radius 3 is 2.91 bits per heavy atom. The molecule has 5 nitrogen and oxygen atoms in total. The van der Waals surface area contributed by atoms with Crippen molar-refractivity contribution in [2.75, 3.05) is 46.9 Å². The van der Waals surface area contributed by atoms with Crippen LogP contribution in [0.25, 0.3) is 0 Å².